The maximum absolute atomic E-state index is 5.50. The van der Waals surface area contributed by atoms with Gasteiger partial charge in [0, 0.05) is 36.9 Å². The Labute approximate surface area is 128 Å². The molecule has 1 aromatic rings. The lowest BCUT2D eigenvalue weighted by atomic mass is 9.87. The smallest absolute Gasteiger partial charge is 0.0594 e. The highest BCUT2D eigenvalue weighted by molar-refractivity contribution is 5.17. The molecule has 1 aliphatic rings. The molecule has 120 valence electrons. The molecule has 0 spiro atoms. The van der Waals surface area contributed by atoms with E-state index in [0.29, 0.717) is 0 Å². The van der Waals surface area contributed by atoms with E-state index in [2.05, 4.69) is 49.2 Å². The molecular weight excluding hydrogens is 264 g/mol. The Bertz CT molecular complexity index is 424. The lowest BCUT2D eigenvalue weighted by molar-refractivity contribution is -0.0238. The Kier molecular flexibility index (Phi) is 5.79. The first-order valence-corrected chi connectivity index (χ1v) is 8.18. The molecule has 1 atom stereocenters. The molecule has 0 bridgehead atoms. The molecule has 0 saturated carbocycles. The second-order valence-electron chi connectivity index (χ2n) is 6.27. The lowest BCUT2D eigenvalue weighted by Crippen LogP contribution is -2.56. The summed E-state index contributed by atoms with van der Waals surface area (Å²) in [6, 6.07) is 0.288. The first-order valence-electron chi connectivity index (χ1n) is 8.18. The van der Waals surface area contributed by atoms with Crippen molar-refractivity contribution in [1.82, 2.24) is 20.0 Å². The molecule has 21 heavy (non-hydrogen) atoms. The van der Waals surface area contributed by atoms with Gasteiger partial charge in [-0.2, -0.15) is 5.10 Å². The molecule has 1 N–H and O–H groups in total. The molecule has 1 aromatic heterocycles. The molecule has 0 aliphatic carbocycles. The Hall–Kier alpha value is -0.910. The minimum atomic E-state index is 0.0422. The van der Waals surface area contributed by atoms with Crippen molar-refractivity contribution in [2.75, 3.05) is 32.8 Å². The summed E-state index contributed by atoms with van der Waals surface area (Å²) in [5.41, 5.74) is 1.32. The summed E-state index contributed by atoms with van der Waals surface area (Å²) in [5, 5.41) is 8.18. The second kappa shape index (κ2) is 7.38. The van der Waals surface area contributed by atoms with Gasteiger partial charge in [0.25, 0.3) is 0 Å². The average Bonchev–Trinajstić information content (AvgIpc) is 2.97. The zero-order chi connectivity index (χ0) is 15.3. The van der Waals surface area contributed by atoms with Gasteiger partial charge in [-0.3, -0.25) is 9.58 Å². The maximum Gasteiger partial charge on any atom is 0.0594 e. The first kappa shape index (κ1) is 16.5. The van der Waals surface area contributed by atoms with E-state index in [0.717, 1.165) is 45.8 Å². The van der Waals surface area contributed by atoms with Crippen LogP contribution in [0.15, 0.2) is 12.4 Å². The summed E-state index contributed by atoms with van der Waals surface area (Å²) in [7, 11) is 0. The molecule has 5 heteroatoms. The largest absolute Gasteiger partial charge is 0.379 e. The molecule has 2 heterocycles. The number of aromatic nitrogens is 2. The number of ether oxygens (including phenoxy) is 1. The van der Waals surface area contributed by atoms with E-state index in [9.17, 15) is 0 Å². The summed E-state index contributed by atoms with van der Waals surface area (Å²) in [6.07, 6.45) is 5.33. The lowest BCUT2D eigenvalue weighted by Gasteiger charge is -2.46. The quantitative estimate of drug-likeness (QED) is 0.836. The number of nitrogens with zero attached hydrogens (tertiary/aromatic N) is 3. The van der Waals surface area contributed by atoms with Crippen LogP contribution in [0, 0.1) is 0 Å². The standard InChI is InChI=1S/C16H30N4O/c1-5-7-17-15(14-12-18-20(6-2)13-14)16(3,4)19-8-10-21-11-9-19/h12-13,15,17H,5-11H2,1-4H3. The van der Waals surface area contributed by atoms with E-state index in [1.54, 1.807) is 0 Å². The first-order chi connectivity index (χ1) is 10.1. The molecule has 2 rings (SSSR count). The third-order valence-corrected chi connectivity index (χ3v) is 4.44. The van der Waals surface area contributed by atoms with Crippen molar-refractivity contribution in [3.8, 4) is 0 Å². The Balaban J connectivity index is 2.20. The van der Waals surface area contributed by atoms with Gasteiger partial charge in [-0.05, 0) is 33.7 Å². The zero-order valence-electron chi connectivity index (χ0n) is 13.9. The molecule has 1 saturated heterocycles. The predicted molar refractivity (Wildman–Crippen MR) is 85.4 cm³/mol. The van der Waals surface area contributed by atoms with Gasteiger partial charge in [0.2, 0.25) is 0 Å². The summed E-state index contributed by atoms with van der Waals surface area (Å²) in [4.78, 5) is 2.53. The molecule has 0 aromatic carbocycles. The van der Waals surface area contributed by atoms with Crippen LogP contribution < -0.4 is 5.32 Å². The number of morpholine rings is 1. The van der Waals surface area contributed by atoms with Gasteiger partial charge in [0.1, 0.15) is 0 Å². The molecule has 0 amide bonds. The summed E-state index contributed by atoms with van der Waals surface area (Å²) in [6.45, 7) is 14.6. The number of nitrogens with one attached hydrogen (secondary N) is 1. The summed E-state index contributed by atoms with van der Waals surface area (Å²) in [5.74, 6) is 0. The van der Waals surface area contributed by atoms with Crippen molar-refractivity contribution in [2.24, 2.45) is 0 Å². The summed E-state index contributed by atoms with van der Waals surface area (Å²) < 4.78 is 7.51. The molecule has 0 radical (unpaired) electrons. The third-order valence-electron chi connectivity index (χ3n) is 4.44. The second-order valence-corrected chi connectivity index (χ2v) is 6.27. The van der Waals surface area contributed by atoms with Gasteiger partial charge in [-0.15, -0.1) is 0 Å². The van der Waals surface area contributed by atoms with Crippen LogP contribution in [-0.4, -0.2) is 53.1 Å². The van der Waals surface area contributed by atoms with Crippen LogP contribution in [0.2, 0.25) is 0 Å². The number of aryl methyl sites for hydroxylation is 1. The van der Waals surface area contributed by atoms with Gasteiger partial charge >= 0.3 is 0 Å². The highest BCUT2D eigenvalue weighted by Gasteiger charge is 2.37. The number of hydrogen-bond acceptors (Lipinski definition) is 4. The van der Waals surface area contributed by atoms with Crippen molar-refractivity contribution < 1.29 is 4.74 Å². The SMILES string of the molecule is CCCNC(c1cnn(CC)c1)C(C)(C)N1CCOCC1. The minimum absolute atomic E-state index is 0.0422. The molecule has 5 nitrogen and oxygen atoms in total. The Morgan fingerprint density at radius 1 is 1.33 bits per heavy atom. The maximum atomic E-state index is 5.50. The van der Waals surface area contributed by atoms with E-state index in [4.69, 9.17) is 4.74 Å². The molecule has 1 fully saturated rings. The van der Waals surface area contributed by atoms with Crippen LogP contribution in [0.1, 0.15) is 45.7 Å². The number of hydrogen-bond donors (Lipinski definition) is 1. The Morgan fingerprint density at radius 3 is 2.62 bits per heavy atom. The van der Waals surface area contributed by atoms with Gasteiger partial charge < -0.3 is 10.1 Å². The van der Waals surface area contributed by atoms with Crippen LogP contribution in [0.5, 0.6) is 0 Å². The van der Waals surface area contributed by atoms with Gasteiger partial charge in [0.15, 0.2) is 0 Å². The van der Waals surface area contributed by atoms with E-state index in [1.165, 1.54) is 5.56 Å². The fourth-order valence-corrected chi connectivity index (χ4v) is 3.09. The van der Waals surface area contributed by atoms with Crippen LogP contribution in [0.4, 0.5) is 0 Å². The van der Waals surface area contributed by atoms with Crippen molar-refractivity contribution in [2.45, 2.75) is 52.2 Å². The van der Waals surface area contributed by atoms with Crippen molar-refractivity contribution in [1.29, 1.82) is 0 Å². The van der Waals surface area contributed by atoms with Crippen molar-refractivity contribution in [3.05, 3.63) is 18.0 Å². The molecule has 1 unspecified atom stereocenters. The van der Waals surface area contributed by atoms with Crippen LogP contribution in [-0.2, 0) is 11.3 Å². The fourth-order valence-electron chi connectivity index (χ4n) is 3.09. The highest BCUT2D eigenvalue weighted by Crippen LogP contribution is 2.31. The molecule has 1 aliphatic heterocycles. The van der Waals surface area contributed by atoms with Gasteiger partial charge in [-0.25, -0.2) is 0 Å². The van der Waals surface area contributed by atoms with Crippen LogP contribution in [0.3, 0.4) is 0 Å². The zero-order valence-corrected chi connectivity index (χ0v) is 13.9. The third kappa shape index (κ3) is 3.84. The van der Waals surface area contributed by atoms with E-state index >= 15 is 0 Å². The van der Waals surface area contributed by atoms with Crippen molar-refractivity contribution in [3.63, 3.8) is 0 Å². The minimum Gasteiger partial charge on any atom is -0.379 e. The predicted octanol–water partition coefficient (Wildman–Crippen LogP) is 2.05. The topological polar surface area (TPSA) is 42.3 Å². The number of rotatable bonds is 7. The summed E-state index contributed by atoms with van der Waals surface area (Å²) >= 11 is 0. The van der Waals surface area contributed by atoms with E-state index in [-0.39, 0.29) is 11.6 Å². The molecular formula is C16H30N4O. The average molecular weight is 294 g/mol. The van der Waals surface area contributed by atoms with Crippen LogP contribution in [0.25, 0.3) is 0 Å². The monoisotopic (exact) mass is 294 g/mol. The van der Waals surface area contributed by atoms with Crippen molar-refractivity contribution >= 4 is 0 Å². The van der Waals surface area contributed by atoms with E-state index in [1.807, 2.05) is 10.9 Å². The van der Waals surface area contributed by atoms with Crippen LogP contribution >= 0.6 is 0 Å². The van der Waals surface area contributed by atoms with E-state index < -0.39 is 0 Å². The fraction of sp³-hybridized carbons (Fsp3) is 0.812. The highest BCUT2D eigenvalue weighted by atomic mass is 16.5. The normalized spacial score (nSPS) is 18.9. The van der Waals surface area contributed by atoms with Gasteiger partial charge in [0.05, 0.1) is 25.5 Å². The van der Waals surface area contributed by atoms with Gasteiger partial charge in [-0.1, -0.05) is 6.92 Å². The Morgan fingerprint density at radius 2 is 2.05 bits per heavy atom.